The zero-order valence-corrected chi connectivity index (χ0v) is 17.8. The standard InChI is InChI=1S/C19H25F3N4O2S/c1-6-17(2,3)26(10-18(4,5)28)14-7-12(19(20,21)22)11(8-24-14)13-9-25-16(29-13)15(23)27/h7-9,28H,6,10H2,1-5H3,(H2,23,27). The van der Waals surface area contributed by atoms with Crippen LogP contribution in [0.5, 0.6) is 0 Å². The number of pyridine rings is 1. The Labute approximate surface area is 171 Å². The van der Waals surface area contributed by atoms with Crippen LogP contribution in [0.1, 0.15) is 56.4 Å². The van der Waals surface area contributed by atoms with Crippen LogP contribution in [0.15, 0.2) is 18.5 Å². The summed E-state index contributed by atoms with van der Waals surface area (Å²) in [5.41, 5.74) is 2.40. The maximum atomic E-state index is 13.9. The molecular weight excluding hydrogens is 405 g/mol. The van der Waals surface area contributed by atoms with Gasteiger partial charge in [-0.2, -0.15) is 13.2 Å². The molecular formula is C19H25F3N4O2S. The molecule has 0 aliphatic carbocycles. The number of aromatic nitrogens is 2. The Balaban J connectivity index is 2.63. The van der Waals surface area contributed by atoms with Crippen molar-refractivity contribution < 1.29 is 23.1 Å². The number of alkyl halides is 3. The number of aliphatic hydroxyl groups is 1. The van der Waals surface area contributed by atoms with Crippen molar-refractivity contribution in [3.63, 3.8) is 0 Å². The predicted molar refractivity (Wildman–Crippen MR) is 107 cm³/mol. The van der Waals surface area contributed by atoms with E-state index in [1.807, 2.05) is 20.8 Å². The topological polar surface area (TPSA) is 92.3 Å². The summed E-state index contributed by atoms with van der Waals surface area (Å²) in [7, 11) is 0. The molecule has 0 saturated carbocycles. The van der Waals surface area contributed by atoms with Crippen molar-refractivity contribution in [2.24, 2.45) is 5.73 Å². The number of carbonyl (C=O) groups is 1. The van der Waals surface area contributed by atoms with Crippen LogP contribution in [-0.2, 0) is 6.18 Å². The number of rotatable bonds is 7. The molecule has 0 aromatic carbocycles. The van der Waals surface area contributed by atoms with Crippen LogP contribution in [0, 0.1) is 0 Å². The van der Waals surface area contributed by atoms with Gasteiger partial charge in [-0.25, -0.2) is 9.97 Å². The molecule has 0 aliphatic rings. The van der Waals surface area contributed by atoms with Gasteiger partial charge in [0, 0.05) is 30.0 Å². The zero-order chi connectivity index (χ0) is 22.2. The average Bonchev–Trinajstić information content (AvgIpc) is 3.08. The SMILES string of the molecule is CCC(C)(C)N(CC(C)(C)O)c1cc(C(F)(F)F)c(-c2cnc(C(N)=O)s2)cn1. The van der Waals surface area contributed by atoms with E-state index in [1.165, 1.54) is 6.20 Å². The molecule has 0 bridgehead atoms. The van der Waals surface area contributed by atoms with Crippen LogP contribution in [0.3, 0.4) is 0 Å². The van der Waals surface area contributed by atoms with Crippen molar-refractivity contribution in [3.05, 3.63) is 29.0 Å². The first-order valence-electron chi connectivity index (χ1n) is 8.99. The normalized spacial score (nSPS) is 12.9. The van der Waals surface area contributed by atoms with E-state index in [2.05, 4.69) is 9.97 Å². The van der Waals surface area contributed by atoms with Gasteiger partial charge in [0.15, 0.2) is 5.01 Å². The Bertz CT molecular complexity index is 888. The number of amides is 1. The van der Waals surface area contributed by atoms with E-state index in [-0.39, 0.29) is 27.8 Å². The van der Waals surface area contributed by atoms with Gasteiger partial charge in [0.1, 0.15) is 5.82 Å². The van der Waals surface area contributed by atoms with E-state index in [1.54, 1.807) is 18.7 Å². The number of hydrogen-bond donors (Lipinski definition) is 2. The molecule has 0 aliphatic heterocycles. The number of thiazole rings is 1. The lowest BCUT2D eigenvalue weighted by molar-refractivity contribution is -0.137. The minimum Gasteiger partial charge on any atom is -0.389 e. The molecule has 10 heteroatoms. The molecule has 2 aromatic rings. The molecule has 160 valence electrons. The summed E-state index contributed by atoms with van der Waals surface area (Å²) in [5, 5.41) is 10.2. The van der Waals surface area contributed by atoms with Crippen LogP contribution < -0.4 is 10.6 Å². The number of primary amides is 1. The number of halogens is 3. The highest BCUT2D eigenvalue weighted by Gasteiger charge is 2.37. The molecule has 2 aromatic heterocycles. The van der Waals surface area contributed by atoms with Gasteiger partial charge in [-0.1, -0.05) is 6.92 Å². The Morgan fingerprint density at radius 1 is 1.21 bits per heavy atom. The molecule has 0 saturated heterocycles. The molecule has 0 unspecified atom stereocenters. The Hall–Kier alpha value is -2.20. The monoisotopic (exact) mass is 430 g/mol. The summed E-state index contributed by atoms with van der Waals surface area (Å²) in [4.78, 5) is 21.1. The summed E-state index contributed by atoms with van der Waals surface area (Å²) in [5.74, 6) is -0.699. The van der Waals surface area contributed by atoms with Gasteiger partial charge in [0.25, 0.3) is 5.91 Å². The van der Waals surface area contributed by atoms with Crippen LogP contribution in [0.2, 0.25) is 0 Å². The number of nitrogens with zero attached hydrogens (tertiary/aromatic N) is 3. The quantitative estimate of drug-likeness (QED) is 0.690. The highest BCUT2D eigenvalue weighted by atomic mass is 32.1. The summed E-state index contributed by atoms with van der Waals surface area (Å²) in [6.07, 6.45) is -1.72. The third-order valence-electron chi connectivity index (χ3n) is 4.59. The van der Waals surface area contributed by atoms with E-state index < -0.39 is 28.8 Å². The molecule has 0 spiro atoms. The van der Waals surface area contributed by atoms with Crippen LogP contribution in [0.25, 0.3) is 10.4 Å². The predicted octanol–water partition coefficient (Wildman–Crippen LogP) is 4.09. The lowest BCUT2D eigenvalue weighted by Gasteiger charge is -2.42. The van der Waals surface area contributed by atoms with Crippen molar-refractivity contribution in [3.8, 4) is 10.4 Å². The van der Waals surface area contributed by atoms with Crippen molar-refractivity contribution in [1.82, 2.24) is 9.97 Å². The van der Waals surface area contributed by atoms with Crippen molar-refractivity contribution in [1.29, 1.82) is 0 Å². The maximum Gasteiger partial charge on any atom is 0.417 e. The molecule has 0 fully saturated rings. The Morgan fingerprint density at radius 2 is 1.83 bits per heavy atom. The van der Waals surface area contributed by atoms with Gasteiger partial charge in [-0.3, -0.25) is 4.79 Å². The van der Waals surface area contributed by atoms with E-state index in [0.29, 0.717) is 6.42 Å². The number of carbonyl (C=O) groups excluding carboxylic acids is 1. The van der Waals surface area contributed by atoms with E-state index in [9.17, 15) is 23.1 Å². The molecule has 29 heavy (non-hydrogen) atoms. The minimum absolute atomic E-state index is 0.0760. The smallest absolute Gasteiger partial charge is 0.389 e. The van der Waals surface area contributed by atoms with E-state index in [0.717, 1.165) is 23.6 Å². The summed E-state index contributed by atoms with van der Waals surface area (Å²) in [6, 6.07) is 0.974. The molecule has 1 amide bonds. The third kappa shape index (κ3) is 5.45. The molecule has 6 nitrogen and oxygen atoms in total. The molecule has 2 rings (SSSR count). The van der Waals surface area contributed by atoms with E-state index in [4.69, 9.17) is 5.73 Å². The number of β-amino-alcohol motifs (C(OH)–C–C–N with tert-alkyl or cyclic N) is 1. The van der Waals surface area contributed by atoms with E-state index >= 15 is 0 Å². The first kappa shape index (κ1) is 23.1. The first-order valence-corrected chi connectivity index (χ1v) is 9.80. The van der Waals surface area contributed by atoms with Crippen molar-refractivity contribution in [2.45, 2.75) is 58.4 Å². The highest BCUT2D eigenvalue weighted by molar-refractivity contribution is 7.17. The van der Waals surface area contributed by atoms with Gasteiger partial charge in [-0.15, -0.1) is 11.3 Å². The number of nitrogens with two attached hydrogens (primary N) is 1. The van der Waals surface area contributed by atoms with Crippen LogP contribution in [0.4, 0.5) is 19.0 Å². The largest absolute Gasteiger partial charge is 0.417 e. The first-order chi connectivity index (χ1) is 13.2. The summed E-state index contributed by atoms with van der Waals surface area (Å²) >= 11 is 0.779. The molecule has 0 atom stereocenters. The Kier molecular flexibility index (Phi) is 6.29. The lowest BCUT2D eigenvalue weighted by atomic mass is 9.96. The second kappa shape index (κ2) is 7.91. The number of hydrogen-bond acceptors (Lipinski definition) is 6. The van der Waals surface area contributed by atoms with Gasteiger partial charge in [0.2, 0.25) is 0 Å². The maximum absolute atomic E-state index is 13.9. The van der Waals surface area contributed by atoms with Gasteiger partial charge >= 0.3 is 6.18 Å². The van der Waals surface area contributed by atoms with Crippen molar-refractivity contribution in [2.75, 3.05) is 11.4 Å². The van der Waals surface area contributed by atoms with Crippen LogP contribution >= 0.6 is 11.3 Å². The number of anilines is 1. The van der Waals surface area contributed by atoms with Gasteiger partial charge in [0.05, 0.1) is 16.0 Å². The fraction of sp³-hybridized carbons (Fsp3) is 0.526. The fourth-order valence-electron chi connectivity index (χ4n) is 2.72. The minimum atomic E-state index is -4.65. The Morgan fingerprint density at radius 3 is 2.28 bits per heavy atom. The van der Waals surface area contributed by atoms with Gasteiger partial charge < -0.3 is 15.7 Å². The third-order valence-corrected chi connectivity index (χ3v) is 5.64. The molecule has 3 N–H and O–H groups in total. The fourth-order valence-corrected chi connectivity index (χ4v) is 3.51. The average molecular weight is 430 g/mol. The zero-order valence-electron chi connectivity index (χ0n) is 17.0. The summed E-state index contributed by atoms with van der Waals surface area (Å²) in [6.45, 7) is 8.96. The van der Waals surface area contributed by atoms with Crippen molar-refractivity contribution >= 4 is 23.1 Å². The summed E-state index contributed by atoms with van der Waals surface area (Å²) < 4.78 is 41.6. The van der Waals surface area contributed by atoms with Crippen LogP contribution in [-0.4, -0.2) is 38.7 Å². The molecule has 2 heterocycles. The lowest BCUT2D eigenvalue weighted by Crippen LogP contribution is -2.50. The second-order valence-electron chi connectivity index (χ2n) is 8.04. The molecule has 0 radical (unpaired) electrons. The van der Waals surface area contributed by atoms with Gasteiger partial charge in [-0.05, 0) is 40.2 Å². The highest BCUT2D eigenvalue weighted by Crippen LogP contribution is 2.41. The second-order valence-corrected chi connectivity index (χ2v) is 9.07.